The highest BCUT2D eigenvalue weighted by Crippen LogP contribution is 2.17. The molecule has 5 heteroatoms. The Balaban J connectivity index is 3.09. The molecule has 0 heterocycles. The molecule has 0 aromatic heterocycles. The number of benzene rings is 1. The second-order valence-electron chi connectivity index (χ2n) is 2.42. The molecular weight excluding hydrogens is 215 g/mol. The first-order chi connectivity index (χ1) is 6.09. The third-order valence-corrected chi connectivity index (χ3v) is 3.75. The minimum Gasteiger partial charge on any atom is -0.228 e. The summed E-state index contributed by atoms with van der Waals surface area (Å²) in [7, 11) is -3.89. The number of alkyl halides is 2. The van der Waals surface area contributed by atoms with Crippen molar-refractivity contribution in [3.63, 3.8) is 0 Å². The van der Waals surface area contributed by atoms with Gasteiger partial charge in [-0.05, 0) is 12.1 Å². The van der Waals surface area contributed by atoms with Crippen LogP contribution < -0.4 is 0 Å². The van der Waals surface area contributed by atoms with Gasteiger partial charge < -0.3 is 0 Å². The van der Waals surface area contributed by atoms with Crippen molar-refractivity contribution in [2.24, 2.45) is 0 Å². The Hall–Kier alpha value is -0.610. The first-order valence-electron chi connectivity index (χ1n) is 3.58. The third-order valence-electron chi connectivity index (χ3n) is 1.53. The molecule has 0 saturated carbocycles. The van der Waals surface area contributed by atoms with E-state index >= 15 is 0 Å². The lowest BCUT2D eigenvalue weighted by Crippen LogP contribution is -2.17. The van der Waals surface area contributed by atoms with Gasteiger partial charge in [0.25, 0.3) is 0 Å². The van der Waals surface area contributed by atoms with Crippen LogP contribution >= 0.6 is 11.6 Å². The van der Waals surface area contributed by atoms with Gasteiger partial charge in [0.2, 0.25) is 15.3 Å². The molecule has 1 unspecified atom stereocenters. The molecule has 13 heavy (non-hydrogen) atoms. The molecule has 2 nitrogen and oxygen atoms in total. The molecule has 0 spiro atoms. The average molecular weight is 223 g/mol. The van der Waals surface area contributed by atoms with E-state index in [1.165, 1.54) is 24.3 Å². The summed E-state index contributed by atoms with van der Waals surface area (Å²) in [6.45, 7) is 0. The van der Waals surface area contributed by atoms with Gasteiger partial charge in [0.1, 0.15) is 0 Å². The van der Waals surface area contributed by atoms with Crippen molar-refractivity contribution in [2.45, 2.75) is 10.4 Å². The predicted octanol–water partition coefficient (Wildman–Crippen LogP) is 1.99. The Morgan fingerprint density at radius 2 is 1.85 bits per heavy atom. The summed E-state index contributed by atoms with van der Waals surface area (Å²) in [4.78, 5) is -0.0387. The van der Waals surface area contributed by atoms with E-state index in [1.807, 2.05) is 0 Å². The number of sulfone groups is 1. The lowest BCUT2D eigenvalue weighted by Gasteiger charge is -2.05. The SMILES string of the molecule is O=S(=O)(c1ccccc1)C(F)CCl. The van der Waals surface area contributed by atoms with Crippen molar-refractivity contribution in [2.75, 3.05) is 5.88 Å². The Bertz CT molecular complexity index is 363. The van der Waals surface area contributed by atoms with Crippen LogP contribution in [-0.4, -0.2) is 19.8 Å². The maximum absolute atomic E-state index is 12.9. The molecule has 0 aliphatic carbocycles. The topological polar surface area (TPSA) is 34.1 Å². The van der Waals surface area contributed by atoms with Crippen molar-refractivity contribution in [1.82, 2.24) is 0 Å². The summed E-state index contributed by atoms with van der Waals surface area (Å²) >= 11 is 5.13. The minimum absolute atomic E-state index is 0.0387. The van der Waals surface area contributed by atoms with Crippen LogP contribution in [0.25, 0.3) is 0 Å². The fourth-order valence-electron chi connectivity index (χ4n) is 0.841. The normalized spacial score (nSPS) is 14.0. The van der Waals surface area contributed by atoms with E-state index in [9.17, 15) is 12.8 Å². The Morgan fingerprint density at radius 1 is 1.31 bits per heavy atom. The number of hydrogen-bond donors (Lipinski definition) is 0. The van der Waals surface area contributed by atoms with Gasteiger partial charge in [-0.3, -0.25) is 0 Å². The highest BCUT2D eigenvalue weighted by atomic mass is 35.5. The molecule has 0 radical (unpaired) electrons. The van der Waals surface area contributed by atoms with Crippen LogP contribution in [0, 0.1) is 0 Å². The monoisotopic (exact) mass is 222 g/mol. The van der Waals surface area contributed by atoms with E-state index in [4.69, 9.17) is 11.6 Å². The minimum atomic E-state index is -3.89. The van der Waals surface area contributed by atoms with Crippen LogP contribution in [0.15, 0.2) is 35.2 Å². The number of hydrogen-bond acceptors (Lipinski definition) is 2. The second kappa shape index (κ2) is 4.07. The van der Waals surface area contributed by atoms with Crippen LogP contribution in [0.2, 0.25) is 0 Å². The molecule has 0 N–H and O–H groups in total. The maximum Gasteiger partial charge on any atom is 0.218 e. The van der Waals surface area contributed by atoms with Gasteiger partial charge in [-0.25, -0.2) is 12.8 Å². The highest BCUT2D eigenvalue weighted by molar-refractivity contribution is 7.92. The van der Waals surface area contributed by atoms with Gasteiger partial charge in [0.05, 0.1) is 10.8 Å². The molecule has 0 amide bonds. The van der Waals surface area contributed by atoms with E-state index in [1.54, 1.807) is 6.07 Å². The lowest BCUT2D eigenvalue weighted by molar-refractivity contribution is 0.447. The first-order valence-corrected chi connectivity index (χ1v) is 5.66. The van der Waals surface area contributed by atoms with Gasteiger partial charge in [-0.15, -0.1) is 11.6 Å². The summed E-state index contributed by atoms with van der Waals surface area (Å²) in [5, 5.41) is 0. The van der Waals surface area contributed by atoms with E-state index in [0.717, 1.165) is 0 Å². The summed E-state index contributed by atoms with van der Waals surface area (Å²) in [5.74, 6) is -0.544. The van der Waals surface area contributed by atoms with Crippen LogP contribution in [-0.2, 0) is 9.84 Å². The maximum atomic E-state index is 12.9. The Kier molecular flexibility index (Phi) is 3.27. The Morgan fingerprint density at radius 3 is 2.31 bits per heavy atom. The fourth-order valence-corrected chi connectivity index (χ4v) is 2.34. The smallest absolute Gasteiger partial charge is 0.218 e. The molecule has 0 saturated heterocycles. The van der Waals surface area contributed by atoms with Crippen molar-refractivity contribution in [3.8, 4) is 0 Å². The van der Waals surface area contributed by atoms with Crippen molar-refractivity contribution in [1.29, 1.82) is 0 Å². The molecule has 1 aromatic carbocycles. The standard InChI is InChI=1S/C8H8ClFO2S/c9-6-8(10)13(11,12)7-4-2-1-3-5-7/h1-5,8H,6H2. The molecule has 1 rings (SSSR count). The van der Waals surface area contributed by atoms with E-state index in [0.29, 0.717) is 0 Å². The molecule has 72 valence electrons. The predicted molar refractivity (Wildman–Crippen MR) is 49.2 cm³/mol. The van der Waals surface area contributed by atoms with Crippen LogP contribution in [0.4, 0.5) is 4.39 Å². The largest absolute Gasteiger partial charge is 0.228 e. The van der Waals surface area contributed by atoms with Gasteiger partial charge in [0.15, 0.2) is 0 Å². The molecule has 0 aliphatic heterocycles. The quantitative estimate of drug-likeness (QED) is 0.733. The van der Waals surface area contributed by atoms with E-state index < -0.39 is 21.2 Å². The van der Waals surface area contributed by atoms with Crippen LogP contribution in [0.1, 0.15) is 0 Å². The summed E-state index contributed by atoms with van der Waals surface area (Å²) in [6, 6.07) is 7.41. The molecular formula is C8H8ClFO2S. The van der Waals surface area contributed by atoms with E-state index in [-0.39, 0.29) is 4.90 Å². The van der Waals surface area contributed by atoms with Crippen molar-refractivity contribution in [3.05, 3.63) is 30.3 Å². The lowest BCUT2D eigenvalue weighted by atomic mass is 10.4. The van der Waals surface area contributed by atoms with Gasteiger partial charge in [0, 0.05) is 0 Å². The molecule has 1 atom stereocenters. The Labute approximate surface area is 81.3 Å². The van der Waals surface area contributed by atoms with Gasteiger partial charge >= 0.3 is 0 Å². The fraction of sp³-hybridized carbons (Fsp3) is 0.250. The van der Waals surface area contributed by atoms with Gasteiger partial charge in [-0.2, -0.15) is 0 Å². The summed E-state index contributed by atoms with van der Waals surface area (Å²) < 4.78 is 35.5. The van der Waals surface area contributed by atoms with Gasteiger partial charge in [-0.1, -0.05) is 18.2 Å². The second-order valence-corrected chi connectivity index (χ2v) is 4.80. The zero-order valence-corrected chi connectivity index (χ0v) is 8.22. The summed E-state index contributed by atoms with van der Waals surface area (Å²) in [6.07, 6.45) is 0. The zero-order valence-electron chi connectivity index (χ0n) is 6.65. The molecule has 0 bridgehead atoms. The number of halogens is 2. The highest BCUT2D eigenvalue weighted by Gasteiger charge is 2.25. The van der Waals surface area contributed by atoms with Crippen molar-refractivity contribution >= 4 is 21.4 Å². The van der Waals surface area contributed by atoms with Crippen molar-refractivity contribution < 1.29 is 12.8 Å². The molecule has 0 aliphatic rings. The average Bonchev–Trinajstić information content (AvgIpc) is 2.18. The van der Waals surface area contributed by atoms with Crippen LogP contribution in [0.5, 0.6) is 0 Å². The first kappa shape index (κ1) is 10.5. The number of rotatable bonds is 3. The molecule has 1 aromatic rings. The van der Waals surface area contributed by atoms with Crippen LogP contribution in [0.3, 0.4) is 0 Å². The third kappa shape index (κ3) is 2.19. The van der Waals surface area contributed by atoms with E-state index in [2.05, 4.69) is 0 Å². The zero-order chi connectivity index (χ0) is 9.90. The molecule has 0 fully saturated rings. The summed E-state index contributed by atoms with van der Waals surface area (Å²) in [5.41, 5.74) is -2.03.